The number of rotatable bonds is 7. The number of nitrogens with one attached hydrogen (secondary N) is 1. The van der Waals surface area contributed by atoms with E-state index >= 15 is 0 Å². The van der Waals surface area contributed by atoms with Crippen molar-refractivity contribution in [2.45, 2.75) is 6.92 Å². The average Bonchev–Trinajstić information content (AvgIpc) is 2.68. The number of aromatic nitrogens is 1. The molecular formula is C21H21FN2O3. The Balaban J connectivity index is 1.96. The predicted octanol–water partition coefficient (Wildman–Crippen LogP) is 5.05. The molecule has 0 unspecified atom stereocenters. The highest BCUT2D eigenvalue weighted by Crippen LogP contribution is 2.41. The molecule has 0 aliphatic heterocycles. The number of anilines is 2. The van der Waals surface area contributed by atoms with Gasteiger partial charge in [0.15, 0.2) is 11.5 Å². The normalized spacial score (nSPS) is 10.4. The lowest BCUT2D eigenvalue weighted by molar-refractivity contribution is 0.288. The highest BCUT2D eigenvalue weighted by Gasteiger charge is 2.15. The van der Waals surface area contributed by atoms with Gasteiger partial charge < -0.3 is 19.5 Å². The molecule has 1 N–H and O–H groups in total. The van der Waals surface area contributed by atoms with Crippen LogP contribution in [0.3, 0.4) is 0 Å². The van der Waals surface area contributed by atoms with Gasteiger partial charge in [-0.15, -0.1) is 0 Å². The maximum atomic E-state index is 13.4. The van der Waals surface area contributed by atoms with Crippen molar-refractivity contribution in [3.05, 3.63) is 60.5 Å². The molecule has 0 amide bonds. The standard InChI is InChI=1S/C21H21FN2O3/c1-4-27-21-18(25-2)10-15(11-19(21)26-3)14-8-9-23-20(12-14)24-17-7-5-6-16(22)13-17/h5-13H,4H2,1-3H3,(H,23,24). The smallest absolute Gasteiger partial charge is 0.203 e. The van der Waals surface area contributed by atoms with Crippen LogP contribution in [0.4, 0.5) is 15.9 Å². The van der Waals surface area contributed by atoms with Gasteiger partial charge in [-0.3, -0.25) is 0 Å². The Bertz CT molecular complexity index is 906. The first-order chi connectivity index (χ1) is 13.1. The Labute approximate surface area is 157 Å². The van der Waals surface area contributed by atoms with Crippen LogP contribution < -0.4 is 19.5 Å². The van der Waals surface area contributed by atoms with E-state index in [9.17, 15) is 4.39 Å². The first-order valence-corrected chi connectivity index (χ1v) is 8.52. The summed E-state index contributed by atoms with van der Waals surface area (Å²) in [6, 6.07) is 13.8. The first kappa shape index (κ1) is 18.5. The van der Waals surface area contributed by atoms with E-state index in [-0.39, 0.29) is 5.82 Å². The third kappa shape index (κ3) is 4.28. The van der Waals surface area contributed by atoms with Crippen LogP contribution in [0.2, 0.25) is 0 Å². The molecule has 140 valence electrons. The van der Waals surface area contributed by atoms with Gasteiger partial charge in [0.25, 0.3) is 0 Å². The van der Waals surface area contributed by atoms with Crippen molar-refractivity contribution >= 4 is 11.5 Å². The van der Waals surface area contributed by atoms with E-state index in [0.717, 1.165) is 11.1 Å². The second-order valence-electron chi connectivity index (χ2n) is 5.71. The molecule has 3 aromatic rings. The van der Waals surface area contributed by atoms with Crippen molar-refractivity contribution in [3.8, 4) is 28.4 Å². The maximum Gasteiger partial charge on any atom is 0.203 e. The quantitative estimate of drug-likeness (QED) is 0.633. The minimum atomic E-state index is -0.308. The van der Waals surface area contributed by atoms with E-state index < -0.39 is 0 Å². The molecule has 0 saturated carbocycles. The fourth-order valence-electron chi connectivity index (χ4n) is 2.73. The largest absolute Gasteiger partial charge is 0.493 e. The lowest BCUT2D eigenvalue weighted by Crippen LogP contribution is -1.99. The van der Waals surface area contributed by atoms with Gasteiger partial charge >= 0.3 is 0 Å². The van der Waals surface area contributed by atoms with E-state index in [1.165, 1.54) is 12.1 Å². The van der Waals surface area contributed by atoms with Crippen molar-refractivity contribution in [3.63, 3.8) is 0 Å². The maximum absolute atomic E-state index is 13.4. The third-order valence-electron chi connectivity index (χ3n) is 3.94. The summed E-state index contributed by atoms with van der Waals surface area (Å²) in [6.07, 6.45) is 1.69. The van der Waals surface area contributed by atoms with Gasteiger partial charge in [0, 0.05) is 11.9 Å². The number of hydrogen-bond donors (Lipinski definition) is 1. The minimum Gasteiger partial charge on any atom is -0.493 e. The van der Waals surface area contributed by atoms with Gasteiger partial charge in [0.1, 0.15) is 11.6 Å². The summed E-state index contributed by atoms with van der Waals surface area (Å²) >= 11 is 0. The number of nitrogens with zero attached hydrogens (tertiary/aromatic N) is 1. The van der Waals surface area contributed by atoms with Crippen LogP contribution in [0.15, 0.2) is 54.7 Å². The van der Waals surface area contributed by atoms with Crippen LogP contribution >= 0.6 is 0 Å². The van der Waals surface area contributed by atoms with Crippen LogP contribution in [0.5, 0.6) is 17.2 Å². The summed E-state index contributed by atoms with van der Waals surface area (Å²) in [7, 11) is 3.18. The Morgan fingerprint density at radius 2 is 1.70 bits per heavy atom. The molecule has 0 fully saturated rings. The molecule has 5 nitrogen and oxygen atoms in total. The van der Waals surface area contributed by atoms with Gasteiger partial charge in [0.2, 0.25) is 5.75 Å². The van der Waals surface area contributed by atoms with E-state index in [2.05, 4.69) is 10.3 Å². The van der Waals surface area contributed by atoms with Crippen LogP contribution in [0.25, 0.3) is 11.1 Å². The van der Waals surface area contributed by atoms with Gasteiger partial charge in [0.05, 0.1) is 20.8 Å². The van der Waals surface area contributed by atoms with Gasteiger partial charge in [-0.1, -0.05) is 6.07 Å². The van der Waals surface area contributed by atoms with E-state index in [1.54, 1.807) is 32.5 Å². The van der Waals surface area contributed by atoms with Crippen LogP contribution in [0, 0.1) is 5.82 Å². The van der Waals surface area contributed by atoms with E-state index in [0.29, 0.717) is 35.4 Å². The Hall–Kier alpha value is -3.28. The molecule has 3 rings (SSSR count). The highest BCUT2D eigenvalue weighted by atomic mass is 19.1. The molecular weight excluding hydrogens is 347 g/mol. The summed E-state index contributed by atoms with van der Waals surface area (Å²) in [5.41, 5.74) is 2.42. The van der Waals surface area contributed by atoms with Crippen molar-refractivity contribution < 1.29 is 18.6 Å². The number of halogens is 1. The summed E-state index contributed by atoms with van der Waals surface area (Å²) in [5, 5.41) is 3.11. The second kappa shape index (κ2) is 8.40. The van der Waals surface area contributed by atoms with Gasteiger partial charge in [-0.2, -0.15) is 0 Å². The molecule has 6 heteroatoms. The Morgan fingerprint density at radius 1 is 0.963 bits per heavy atom. The van der Waals surface area contributed by atoms with Gasteiger partial charge in [-0.05, 0) is 60.5 Å². The highest BCUT2D eigenvalue weighted by molar-refractivity contribution is 5.73. The van der Waals surface area contributed by atoms with Crippen molar-refractivity contribution in [2.24, 2.45) is 0 Å². The topological polar surface area (TPSA) is 52.6 Å². The monoisotopic (exact) mass is 368 g/mol. The second-order valence-corrected chi connectivity index (χ2v) is 5.71. The lowest BCUT2D eigenvalue weighted by Gasteiger charge is -2.16. The number of benzene rings is 2. The zero-order valence-electron chi connectivity index (χ0n) is 15.5. The SMILES string of the molecule is CCOc1c(OC)cc(-c2ccnc(Nc3cccc(F)c3)c2)cc1OC. The summed E-state index contributed by atoms with van der Waals surface area (Å²) in [5.74, 6) is 2.03. The van der Waals surface area contributed by atoms with E-state index in [4.69, 9.17) is 14.2 Å². The average molecular weight is 368 g/mol. The summed E-state index contributed by atoms with van der Waals surface area (Å²) in [6.45, 7) is 2.41. The Kier molecular flexibility index (Phi) is 5.76. The molecule has 2 aromatic carbocycles. The molecule has 0 spiro atoms. The van der Waals surface area contributed by atoms with Crippen molar-refractivity contribution in [1.82, 2.24) is 4.98 Å². The summed E-state index contributed by atoms with van der Waals surface area (Å²) in [4.78, 5) is 4.30. The molecule has 0 aliphatic rings. The van der Waals surface area contributed by atoms with Crippen LogP contribution in [-0.4, -0.2) is 25.8 Å². The van der Waals surface area contributed by atoms with Gasteiger partial charge in [-0.25, -0.2) is 9.37 Å². The third-order valence-corrected chi connectivity index (χ3v) is 3.94. The fourth-order valence-corrected chi connectivity index (χ4v) is 2.73. The molecule has 1 aromatic heterocycles. The first-order valence-electron chi connectivity index (χ1n) is 8.52. The number of pyridine rings is 1. The number of methoxy groups -OCH3 is 2. The summed E-state index contributed by atoms with van der Waals surface area (Å²) < 4.78 is 30.0. The fraction of sp³-hybridized carbons (Fsp3) is 0.190. The van der Waals surface area contributed by atoms with Crippen molar-refractivity contribution in [2.75, 3.05) is 26.1 Å². The molecule has 0 aliphatic carbocycles. The molecule has 0 bridgehead atoms. The number of ether oxygens (including phenoxy) is 3. The molecule has 27 heavy (non-hydrogen) atoms. The molecule has 1 heterocycles. The number of hydrogen-bond acceptors (Lipinski definition) is 5. The molecule has 0 radical (unpaired) electrons. The lowest BCUT2D eigenvalue weighted by atomic mass is 10.1. The minimum absolute atomic E-state index is 0.308. The predicted molar refractivity (Wildman–Crippen MR) is 104 cm³/mol. The van der Waals surface area contributed by atoms with Crippen molar-refractivity contribution in [1.29, 1.82) is 0 Å². The Morgan fingerprint density at radius 3 is 2.33 bits per heavy atom. The molecule has 0 atom stereocenters. The van der Waals surface area contributed by atoms with E-state index in [1.807, 2.05) is 31.2 Å². The van der Waals surface area contributed by atoms with Crippen LogP contribution in [-0.2, 0) is 0 Å². The van der Waals surface area contributed by atoms with Crippen LogP contribution in [0.1, 0.15) is 6.92 Å². The zero-order valence-corrected chi connectivity index (χ0v) is 15.5. The molecule has 0 saturated heterocycles. The zero-order chi connectivity index (χ0) is 19.2.